The van der Waals surface area contributed by atoms with Gasteiger partial charge in [-0.3, -0.25) is 4.79 Å². The summed E-state index contributed by atoms with van der Waals surface area (Å²) in [6, 6.07) is 14.2. The molecule has 0 unspecified atom stereocenters. The zero-order valence-electron chi connectivity index (χ0n) is 17.0. The number of hydrogen-bond donors (Lipinski definition) is 1. The number of amides is 1. The lowest BCUT2D eigenvalue weighted by Crippen LogP contribution is -2.30. The van der Waals surface area contributed by atoms with Crippen LogP contribution in [0.5, 0.6) is 0 Å². The Hall–Kier alpha value is -2.82. The van der Waals surface area contributed by atoms with E-state index in [9.17, 15) is 4.79 Å². The number of carbonyl (C=O) groups is 1. The molecule has 0 spiro atoms. The first-order valence-electron chi connectivity index (χ1n) is 10.1. The standard InChI is InChI=1S/C23H29N3O2/c1-4-26(5-2)23(27)11-7-9-18-8-6-10-21-20(18)14-15-22(25-21)24-16-19-13-12-17(3)28-19/h6,8,10,12-15H,4-5,7,9,11,16H2,1-3H3,(H,24,25). The average molecular weight is 380 g/mol. The number of anilines is 1. The number of nitrogens with zero attached hydrogens (tertiary/aromatic N) is 2. The van der Waals surface area contributed by atoms with Crippen LogP contribution in [0.3, 0.4) is 0 Å². The number of aryl methyl sites for hydroxylation is 2. The van der Waals surface area contributed by atoms with Crippen LogP contribution in [-0.4, -0.2) is 28.9 Å². The molecule has 3 aromatic rings. The maximum atomic E-state index is 12.2. The summed E-state index contributed by atoms with van der Waals surface area (Å²) >= 11 is 0. The van der Waals surface area contributed by atoms with E-state index < -0.39 is 0 Å². The van der Waals surface area contributed by atoms with E-state index in [1.165, 1.54) is 5.56 Å². The van der Waals surface area contributed by atoms with Gasteiger partial charge in [0.1, 0.15) is 17.3 Å². The Morgan fingerprint density at radius 3 is 2.64 bits per heavy atom. The van der Waals surface area contributed by atoms with Crippen molar-refractivity contribution in [2.24, 2.45) is 0 Å². The lowest BCUT2D eigenvalue weighted by atomic mass is 10.0. The molecular formula is C23H29N3O2. The molecule has 5 heteroatoms. The molecule has 0 aliphatic rings. The summed E-state index contributed by atoms with van der Waals surface area (Å²) in [5, 5.41) is 4.46. The van der Waals surface area contributed by atoms with Crippen LogP contribution in [0, 0.1) is 6.92 Å². The number of pyridine rings is 1. The minimum absolute atomic E-state index is 0.239. The average Bonchev–Trinajstić information content (AvgIpc) is 3.12. The fourth-order valence-corrected chi connectivity index (χ4v) is 3.46. The van der Waals surface area contributed by atoms with E-state index >= 15 is 0 Å². The van der Waals surface area contributed by atoms with Gasteiger partial charge in [0, 0.05) is 24.9 Å². The van der Waals surface area contributed by atoms with Crippen LogP contribution >= 0.6 is 0 Å². The van der Waals surface area contributed by atoms with E-state index in [1.807, 2.05) is 56.0 Å². The summed E-state index contributed by atoms with van der Waals surface area (Å²) in [5.74, 6) is 2.87. The molecule has 0 saturated heterocycles. The topological polar surface area (TPSA) is 58.4 Å². The fraction of sp³-hybridized carbons (Fsp3) is 0.391. The van der Waals surface area contributed by atoms with Crippen LogP contribution < -0.4 is 5.32 Å². The predicted molar refractivity (Wildman–Crippen MR) is 113 cm³/mol. The van der Waals surface area contributed by atoms with Crippen LogP contribution in [0.15, 0.2) is 46.9 Å². The van der Waals surface area contributed by atoms with E-state index in [0.717, 1.165) is 54.2 Å². The van der Waals surface area contributed by atoms with E-state index in [4.69, 9.17) is 9.40 Å². The Labute approximate surface area is 166 Å². The molecule has 0 fully saturated rings. The molecule has 2 aromatic heterocycles. The lowest BCUT2D eigenvalue weighted by Gasteiger charge is -2.18. The van der Waals surface area contributed by atoms with Gasteiger partial charge in [0.05, 0.1) is 12.1 Å². The predicted octanol–water partition coefficient (Wildman–Crippen LogP) is 4.94. The van der Waals surface area contributed by atoms with Crippen molar-refractivity contribution >= 4 is 22.6 Å². The molecule has 0 aliphatic carbocycles. The van der Waals surface area contributed by atoms with Crippen molar-refractivity contribution in [1.29, 1.82) is 0 Å². The zero-order chi connectivity index (χ0) is 19.9. The molecule has 148 valence electrons. The SMILES string of the molecule is CCN(CC)C(=O)CCCc1cccc2nc(NCc3ccc(C)o3)ccc12. The zero-order valence-corrected chi connectivity index (χ0v) is 17.0. The number of rotatable bonds is 9. The number of carbonyl (C=O) groups excluding carboxylic acids is 1. The second-order valence-electron chi connectivity index (χ2n) is 6.97. The lowest BCUT2D eigenvalue weighted by molar-refractivity contribution is -0.130. The van der Waals surface area contributed by atoms with Crippen LogP contribution in [0.4, 0.5) is 5.82 Å². The molecule has 1 aromatic carbocycles. The Kier molecular flexibility index (Phi) is 6.69. The summed E-state index contributed by atoms with van der Waals surface area (Å²) in [6.45, 7) is 8.16. The first-order chi connectivity index (χ1) is 13.6. The van der Waals surface area contributed by atoms with Crippen molar-refractivity contribution in [3.8, 4) is 0 Å². The third-order valence-corrected chi connectivity index (χ3v) is 5.01. The van der Waals surface area contributed by atoms with Gasteiger partial charge in [0.25, 0.3) is 0 Å². The number of nitrogens with one attached hydrogen (secondary N) is 1. The Balaban J connectivity index is 1.63. The molecule has 0 radical (unpaired) electrons. The molecule has 5 nitrogen and oxygen atoms in total. The highest BCUT2D eigenvalue weighted by molar-refractivity contribution is 5.84. The third kappa shape index (κ3) is 4.91. The van der Waals surface area contributed by atoms with Gasteiger partial charge in [-0.15, -0.1) is 0 Å². The highest BCUT2D eigenvalue weighted by Gasteiger charge is 2.10. The highest BCUT2D eigenvalue weighted by atomic mass is 16.3. The van der Waals surface area contributed by atoms with Gasteiger partial charge in [-0.1, -0.05) is 12.1 Å². The highest BCUT2D eigenvalue weighted by Crippen LogP contribution is 2.22. The Morgan fingerprint density at radius 1 is 1.11 bits per heavy atom. The first-order valence-corrected chi connectivity index (χ1v) is 10.1. The molecule has 1 N–H and O–H groups in total. The number of fused-ring (bicyclic) bond motifs is 1. The van der Waals surface area contributed by atoms with Crippen molar-refractivity contribution in [1.82, 2.24) is 9.88 Å². The van der Waals surface area contributed by atoms with Crippen molar-refractivity contribution in [2.75, 3.05) is 18.4 Å². The smallest absolute Gasteiger partial charge is 0.222 e. The summed E-state index contributed by atoms with van der Waals surface area (Å²) in [4.78, 5) is 18.8. The van der Waals surface area contributed by atoms with Crippen molar-refractivity contribution in [3.63, 3.8) is 0 Å². The molecule has 28 heavy (non-hydrogen) atoms. The molecule has 0 aliphatic heterocycles. The van der Waals surface area contributed by atoms with Gasteiger partial charge < -0.3 is 14.6 Å². The number of furan rings is 1. The van der Waals surface area contributed by atoms with Crippen LogP contribution in [0.2, 0.25) is 0 Å². The summed E-state index contributed by atoms with van der Waals surface area (Å²) < 4.78 is 5.59. The van der Waals surface area contributed by atoms with E-state index in [2.05, 4.69) is 17.4 Å². The second-order valence-corrected chi connectivity index (χ2v) is 6.97. The quantitative estimate of drug-likeness (QED) is 0.572. The number of aromatic nitrogens is 1. The molecule has 3 rings (SSSR count). The van der Waals surface area contributed by atoms with Crippen LogP contribution in [0.1, 0.15) is 43.8 Å². The summed E-state index contributed by atoms with van der Waals surface area (Å²) in [5.41, 5.74) is 2.21. The van der Waals surface area contributed by atoms with E-state index in [0.29, 0.717) is 13.0 Å². The first kappa shape index (κ1) is 19.9. The fourth-order valence-electron chi connectivity index (χ4n) is 3.46. The Bertz CT molecular complexity index is 928. The van der Waals surface area contributed by atoms with Gasteiger partial charge in [0.2, 0.25) is 5.91 Å². The van der Waals surface area contributed by atoms with E-state index in [-0.39, 0.29) is 5.91 Å². The summed E-state index contributed by atoms with van der Waals surface area (Å²) in [6.07, 6.45) is 2.32. The molecule has 1 amide bonds. The van der Waals surface area contributed by atoms with Crippen molar-refractivity contribution in [3.05, 3.63) is 59.5 Å². The van der Waals surface area contributed by atoms with Crippen molar-refractivity contribution in [2.45, 2.75) is 46.6 Å². The van der Waals surface area contributed by atoms with Gasteiger partial charge >= 0.3 is 0 Å². The van der Waals surface area contributed by atoms with Gasteiger partial charge in [-0.05, 0) is 69.5 Å². The molecular weight excluding hydrogens is 350 g/mol. The van der Waals surface area contributed by atoms with Gasteiger partial charge in [-0.25, -0.2) is 4.98 Å². The molecule has 0 saturated carbocycles. The minimum atomic E-state index is 0.239. The molecule has 0 atom stereocenters. The largest absolute Gasteiger partial charge is 0.465 e. The molecule has 2 heterocycles. The summed E-state index contributed by atoms with van der Waals surface area (Å²) in [7, 11) is 0. The number of benzene rings is 1. The minimum Gasteiger partial charge on any atom is -0.465 e. The maximum Gasteiger partial charge on any atom is 0.222 e. The number of hydrogen-bond acceptors (Lipinski definition) is 4. The maximum absolute atomic E-state index is 12.2. The Morgan fingerprint density at radius 2 is 1.93 bits per heavy atom. The van der Waals surface area contributed by atoms with Gasteiger partial charge in [-0.2, -0.15) is 0 Å². The third-order valence-electron chi connectivity index (χ3n) is 5.01. The normalized spacial score (nSPS) is 11.0. The molecule has 0 bridgehead atoms. The second kappa shape index (κ2) is 9.40. The monoisotopic (exact) mass is 379 g/mol. The van der Waals surface area contributed by atoms with Crippen molar-refractivity contribution < 1.29 is 9.21 Å². The van der Waals surface area contributed by atoms with Crippen LogP contribution in [-0.2, 0) is 17.8 Å². The van der Waals surface area contributed by atoms with E-state index in [1.54, 1.807) is 0 Å². The van der Waals surface area contributed by atoms with Crippen LogP contribution in [0.25, 0.3) is 10.9 Å². The van der Waals surface area contributed by atoms with Gasteiger partial charge in [0.15, 0.2) is 0 Å².